The van der Waals surface area contributed by atoms with Crippen molar-refractivity contribution in [3.05, 3.63) is 58.1 Å². The molecular weight excluding hydrogens is 324 g/mol. The summed E-state index contributed by atoms with van der Waals surface area (Å²) in [5.74, 6) is -0.195. The van der Waals surface area contributed by atoms with E-state index >= 15 is 0 Å². The number of ether oxygens (including phenoxy) is 2. The smallest absolute Gasteiger partial charge is 0.339 e. The van der Waals surface area contributed by atoms with Crippen LogP contribution in [0.25, 0.3) is 0 Å². The molecule has 0 unspecified atom stereocenters. The fraction of sp³-hybridized carbons (Fsp3) is 0.133. The van der Waals surface area contributed by atoms with Gasteiger partial charge in [0.15, 0.2) is 0 Å². The van der Waals surface area contributed by atoms with Crippen molar-refractivity contribution in [3.8, 4) is 11.5 Å². The Hall–Kier alpha value is -2.01. The zero-order valence-corrected chi connectivity index (χ0v) is 12.4. The van der Waals surface area contributed by atoms with Gasteiger partial charge in [-0.05, 0) is 18.2 Å². The molecule has 2 aromatic carbocycles. The van der Waals surface area contributed by atoms with E-state index in [4.69, 9.17) is 14.6 Å². The molecule has 0 aliphatic heterocycles. The first kappa shape index (κ1) is 14.4. The average molecular weight is 337 g/mol. The highest BCUT2D eigenvalue weighted by molar-refractivity contribution is 9.10. The molecule has 0 heterocycles. The predicted octanol–water partition coefficient (Wildman–Crippen LogP) is 3.73. The predicted molar refractivity (Wildman–Crippen MR) is 78.4 cm³/mol. The van der Waals surface area contributed by atoms with Gasteiger partial charge < -0.3 is 14.6 Å². The molecule has 104 valence electrons. The van der Waals surface area contributed by atoms with Crippen molar-refractivity contribution in [2.24, 2.45) is 0 Å². The first-order chi connectivity index (χ1) is 9.61. The first-order valence-electron chi connectivity index (χ1n) is 5.89. The number of rotatable bonds is 5. The Morgan fingerprint density at radius 1 is 1.25 bits per heavy atom. The van der Waals surface area contributed by atoms with E-state index in [-0.39, 0.29) is 17.9 Å². The van der Waals surface area contributed by atoms with Crippen molar-refractivity contribution in [2.75, 3.05) is 7.11 Å². The summed E-state index contributed by atoms with van der Waals surface area (Å²) in [6.07, 6.45) is 0. The summed E-state index contributed by atoms with van der Waals surface area (Å²) >= 11 is 3.42. The van der Waals surface area contributed by atoms with Crippen LogP contribution in [0, 0.1) is 0 Å². The van der Waals surface area contributed by atoms with Gasteiger partial charge in [-0.1, -0.05) is 34.1 Å². The monoisotopic (exact) mass is 336 g/mol. The van der Waals surface area contributed by atoms with Gasteiger partial charge in [-0.15, -0.1) is 0 Å². The number of benzene rings is 2. The topological polar surface area (TPSA) is 55.8 Å². The zero-order chi connectivity index (χ0) is 14.5. The lowest BCUT2D eigenvalue weighted by molar-refractivity contribution is 0.0691. The van der Waals surface area contributed by atoms with Crippen LogP contribution in [0.3, 0.4) is 0 Å². The number of carbonyl (C=O) groups is 1. The molecule has 0 bridgehead atoms. The van der Waals surface area contributed by atoms with Crippen molar-refractivity contribution in [2.45, 2.75) is 6.61 Å². The van der Waals surface area contributed by atoms with E-state index in [1.165, 1.54) is 13.2 Å². The Kier molecular flexibility index (Phi) is 4.63. The molecule has 20 heavy (non-hydrogen) atoms. The normalized spacial score (nSPS) is 10.1. The molecule has 2 rings (SSSR count). The highest BCUT2D eigenvalue weighted by Crippen LogP contribution is 2.26. The molecule has 0 fully saturated rings. The molecule has 4 nitrogen and oxygen atoms in total. The number of aromatic carboxylic acids is 1. The van der Waals surface area contributed by atoms with Crippen molar-refractivity contribution in [1.82, 2.24) is 0 Å². The number of carboxylic acids is 1. The summed E-state index contributed by atoms with van der Waals surface area (Å²) in [6.45, 7) is 0.273. The van der Waals surface area contributed by atoms with Crippen LogP contribution in [0.1, 0.15) is 15.9 Å². The first-order valence-corrected chi connectivity index (χ1v) is 6.68. The Labute approximate surface area is 125 Å². The lowest BCUT2D eigenvalue weighted by Crippen LogP contribution is -2.04. The second-order valence-electron chi connectivity index (χ2n) is 4.05. The summed E-state index contributed by atoms with van der Waals surface area (Å²) in [5, 5.41) is 9.15. The largest absolute Gasteiger partial charge is 0.497 e. The minimum absolute atomic E-state index is 0.109. The molecule has 0 aliphatic rings. The van der Waals surface area contributed by atoms with Crippen LogP contribution >= 0.6 is 15.9 Å². The van der Waals surface area contributed by atoms with Gasteiger partial charge >= 0.3 is 5.97 Å². The maximum absolute atomic E-state index is 11.2. The summed E-state index contributed by atoms with van der Waals surface area (Å²) in [7, 11) is 1.52. The molecule has 0 aliphatic carbocycles. The quantitative estimate of drug-likeness (QED) is 0.903. The lowest BCUT2D eigenvalue weighted by atomic mass is 10.2. The SMILES string of the molecule is COc1ccc(C(=O)O)c(OCc2ccccc2Br)c1. The molecule has 5 heteroatoms. The van der Waals surface area contributed by atoms with E-state index in [0.29, 0.717) is 5.75 Å². The van der Waals surface area contributed by atoms with E-state index in [1.54, 1.807) is 12.1 Å². The van der Waals surface area contributed by atoms with Crippen LogP contribution in [0.4, 0.5) is 0 Å². The number of carboxylic acid groups (broad SMARTS) is 1. The minimum atomic E-state index is -1.03. The fourth-order valence-electron chi connectivity index (χ4n) is 1.70. The fourth-order valence-corrected chi connectivity index (χ4v) is 2.10. The molecule has 2 aromatic rings. The highest BCUT2D eigenvalue weighted by atomic mass is 79.9. The third-order valence-corrected chi connectivity index (χ3v) is 3.53. The Morgan fingerprint density at radius 3 is 2.65 bits per heavy atom. The number of hydrogen-bond acceptors (Lipinski definition) is 3. The van der Waals surface area contributed by atoms with Gasteiger partial charge in [0.1, 0.15) is 23.7 Å². The van der Waals surface area contributed by atoms with Gasteiger partial charge in [0.25, 0.3) is 0 Å². The van der Waals surface area contributed by atoms with Crippen LogP contribution < -0.4 is 9.47 Å². The molecular formula is C15H13BrO4. The van der Waals surface area contributed by atoms with Crippen molar-refractivity contribution in [1.29, 1.82) is 0 Å². The minimum Gasteiger partial charge on any atom is -0.497 e. The summed E-state index contributed by atoms with van der Waals surface area (Å²) in [5.41, 5.74) is 1.05. The van der Waals surface area contributed by atoms with Crippen LogP contribution in [0.5, 0.6) is 11.5 Å². The average Bonchev–Trinajstić information content (AvgIpc) is 2.46. The second-order valence-corrected chi connectivity index (χ2v) is 4.90. The number of methoxy groups -OCH3 is 1. The molecule has 0 radical (unpaired) electrons. The summed E-state index contributed by atoms with van der Waals surface area (Å²) in [6, 6.07) is 12.2. The Balaban J connectivity index is 2.24. The van der Waals surface area contributed by atoms with Crippen LogP contribution in [0.15, 0.2) is 46.9 Å². The van der Waals surface area contributed by atoms with Crippen molar-refractivity contribution < 1.29 is 19.4 Å². The van der Waals surface area contributed by atoms with Gasteiger partial charge in [-0.3, -0.25) is 0 Å². The molecule has 0 spiro atoms. The van der Waals surface area contributed by atoms with E-state index in [0.717, 1.165) is 10.0 Å². The Morgan fingerprint density at radius 2 is 2.00 bits per heavy atom. The van der Waals surface area contributed by atoms with Crippen LogP contribution in [-0.4, -0.2) is 18.2 Å². The second kappa shape index (κ2) is 6.43. The third kappa shape index (κ3) is 3.30. The molecule has 0 saturated carbocycles. The van der Waals surface area contributed by atoms with Gasteiger partial charge in [0, 0.05) is 16.1 Å². The highest BCUT2D eigenvalue weighted by Gasteiger charge is 2.13. The third-order valence-electron chi connectivity index (χ3n) is 2.76. The van der Waals surface area contributed by atoms with E-state index in [1.807, 2.05) is 24.3 Å². The van der Waals surface area contributed by atoms with Gasteiger partial charge in [-0.2, -0.15) is 0 Å². The van der Waals surface area contributed by atoms with E-state index < -0.39 is 5.97 Å². The lowest BCUT2D eigenvalue weighted by Gasteiger charge is -2.11. The van der Waals surface area contributed by atoms with Crippen LogP contribution in [-0.2, 0) is 6.61 Å². The molecule has 0 aromatic heterocycles. The molecule has 0 atom stereocenters. The van der Waals surface area contributed by atoms with Gasteiger partial charge in [0.05, 0.1) is 7.11 Å². The maximum Gasteiger partial charge on any atom is 0.339 e. The molecule has 0 saturated heterocycles. The van der Waals surface area contributed by atoms with Gasteiger partial charge in [0.2, 0.25) is 0 Å². The van der Waals surface area contributed by atoms with Crippen LogP contribution in [0.2, 0.25) is 0 Å². The standard InChI is InChI=1S/C15H13BrO4/c1-19-11-6-7-12(15(17)18)14(8-11)20-9-10-4-2-3-5-13(10)16/h2-8H,9H2,1H3,(H,17,18). The number of halogens is 1. The maximum atomic E-state index is 11.2. The van der Waals surface area contributed by atoms with Gasteiger partial charge in [-0.25, -0.2) is 4.79 Å². The summed E-state index contributed by atoms with van der Waals surface area (Å²) in [4.78, 5) is 11.2. The number of hydrogen-bond donors (Lipinski definition) is 1. The molecule has 0 amide bonds. The van der Waals surface area contributed by atoms with E-state index in [2.05, 4.69) is 15.9 Å². The van der Waals surface area contributed by atoms with Crippen molar-refractivity contribution >= 4 is 21.9 Å². The van der Waals surface area contributed by atoms with Crippen molar-refractivity contribution in [3.63, 3.8) is 0 Å². The Bertz CT molecular complexity index is 625. The van der Waals surface area contributed by atoms with E-state index in [9.17, 15) is 4.79 Å². The zero-order valence-electron chi connectivity index (χ0n) is 10.8. The summed E-state index contributed by atoms with van der Waals surface area (Å²) < 4.78 is 11.6. The molecule has 1 N–H and O–H groups in total.